The number of esters is 2. The molecule has 0 aliphatic carbocycles. The van der Waals surface area contributed by atoms with Crippen LogP contribution in [0.2, 0.25) is 0 Å². The minimum absolute atomic E-state index is 0.373. The number of rotatable bonds is 5. The highest BCUT2D eigenvalue weighted by molar-refractivity contribution is 5.82. The molecule has 0 aromatic carbocycles. The van der Waals surface area contributed by atoms with Crippen molar-refractivity contribution in [1.29, 1.82) is 0 Å². The molecule has 0 bridgehead atoms. The first-order valence-corrected chi connectivity index (χ1v) is 4.19. The lowest BCUT2D eigenvalue weighted by atomic mass is 10.2. The summed E-state index contributed by atoms with van der Waals surface area (Å²) in [6.45, 7) is 0. The minimum atomic E-state index is -0.373. The number of unbranched alkanes of at least 4 members (excludes halogenated alkanes) is 1. The summed E-state index contributed by atoms with van der Waals surface area (Å²) in [4.78, 5) is 21.2. The molecule has 0 rings (SSSR count). The third-order valence-electron chi connectivity index (χ3n) is 1.41. The van der Waals surface area contributed by atoms with Crippen LogP contribution >= 0.6 is 0 Å². The lowest BCUT2D eigenvalue weighted by molar-refractivity contribution is -0.135. The maximum atomic E-state index is 10.6. The molecule has 0 aromatic heterocycles. The normalized spacial score (nSPS) is 10.7. The topological polar surface area (TPSA) is 52.6 Å². The van der Waals surface area contributed by atoms with Gasteiger partial charge in [0.15, 0.2) is 0 Å². The highest BCUT2D eigenvalue weighted by atomic mass is 16.5. The van der Waals surface area contributed by atoms with Crippen molar-refractivity contribution in [1.82, 2.24) is 0 Å². The van der Waals surface area contributed by atoms with Gasteiger partial charge < -0.3 is 9.47 Å². The second-order valence-corrected chi connectivity index (χ2v) is 2.43. The maximum absolute atomic E-state index is 10.6. The Hall–Kier alpha value is -1.58. The quantitative estimate of drug-likeness (QED) is 0.378. The van der Waals surface area contributed by atoms with Gasteiger partial charge in [-0.1, -0.05) is 12.2 Å². The molecule has 78 valence electrons. The lowest BCUT2D eigenvalue weighted by Crippen LogP contribution is -1.93. The molecule has 0 fully saturated rings. The van der Waals surface area contributed by atoms with Crippen LogP contribution in [-0.2, 0) is 19.1 Å². The van der Waals surface area contributed by atoms with Crippen LogP contribution in [-0.4, -0.2) is 26.2 Å². The fourth-order valence-corrected chi connectivity index (χ4v) is 0.688. The molecule has 0 aliphatic rings. The number of ether oxygens (including phenoxy) is 2. The van der Waals surface area contributed by atoms with Crippen LogP contribution in [0.3, 0.4) is 0 Å². The Labute approximate surface area is 83.2 Å². The van der Waals surface area contributed by atoms with E-state index >= 15 is 0 Å². The number of hydrogen-bond donors (Lipinski definition) is 0. The summed E-state index contributed by atoms with van der Waals surface area (Å²) in [6.07, 6.45) is 7.45. The van der Waals surface area contributed by atoms with E-state index in [0.717, 1.165) is 0 Å². The van der Waals surface area contributed by atoms with Gasteiger partial charge in [-0.15, -0.1) is 0 Å². The first-order valence-electron chi connectivity index (χ1n) is 4.19. The third kappa shape index (κ3) is 7.09. The van der Waals surface area contributed by atoms with E-state index in [4.69, 9.17) is 0 Å². The highest BCUT2D eigenvalue weighted by Crippen LogP contribution is 1.93. The monoisotopic (exact) mass is 198 g/mol. The summed E-state index contributed by atoms with van der Waals surface area (Å²) in [6, 6.07) is 0. The zero-order valence-corrected chi connectivity index (χ0v) is 8.36. The molecule has 0 unspecified atom stereocenters. The van der Waals surface area contributed by atoms with Crippen molar-refractivity contribution in [2.45, 2.75) is 12.8 Å². The summed E-state index contributed by atoms with van der Waals surface area (Å²) >= 11 is 0. The molecule has 0 spiro atoms. The van der Waals surface area contributed by atoms with E-state index < -0.39 is 0 Å². The smallest absolute Gasteiger partial charge is 0.330 e. The second kappa shape index (κ2) is 8.04. The Morgan fingerprint density at radius 3 is 1.57 bits per heavy atom. The van der Waals surface area contributed by atoms with Gasteiger partial charge in [0.05, 0.1) is 14.2 Å². The highest BCUT2D eigenvalue weighted by Gasteiger charge is 1.90. The molecule has 0 aliphatic heterocycles. The average molecular weight is 198 g/mol. The Morgan fingerprint density at radius 2 is 1.29 bits per heavy atom. The number of allylic oxidation sites excluding steroid dienone is 2. The van der Waals surface area contributed by atoms with Crippen LogP contribution < -0.4 is 0 Å². The molecule has 0 N–H and O–H groups in total. The molecule has 4 heteroatoms. The zero-order chi connectivity index (χ0) is 10.8. The molecule has 0 amide bonds. The summed E-state index contributed by atoms with van der Waals surface area (Å²) in [5.74, 6) is -0.746. The molecule has 0 aromatic rings. The third-order valence-corrected chi connectivity index (χ3v) is 1.41. The number of carbonyl (C=O) groups excluding carboxylic acids is 2. The fraction of sp³-hybridized carbons (Fsp3) is 0.400. The van der Waals surface area contributed by atoms with Crippen molar-refractivity contribution in [2.24, 2.45) is 0 Å². The minimum Gasteiger partial charge on any atom is -0.466 e. The molecular formula is C10H14O4. The van der Waals surface area contributed by atoms with Gasteiger partial charge in [0.2, 0.25) is 0 Å². The van der Waals surface area contributed by atoms with Crippen molar-refractivity contribution < 1.29 is 19.1 Å². The predicted octanol–water partition coefficient (Wildman–Crippen LogP) is 1.22. The molecular weight excluding hydrogens is 184 g/mol. The molecule has 0 radical (unpaired) electrons. The maximum Gasteiger partial charge on any atom is 0.330 e. The van der Waals surface area contributed by atoms with E-state index in [1.165, 1.54) is 26.4 Å². The van der Waals surface area contributed by atoms with E-state index in [1.807, 2.05) is 0 Å². The van der Waals surface area contributed by atoms with Gasteiger partial charge in [-0.25, -0.2) is 9.59 Å². The second-order valence-electron chi connectivity index (χ2n) is 2.43. The van der Waals surface area contributed by atoms with Crippen molar-refractivity contribution in [2.75, 3.05) is 14.2 Å². The largest absolute Gasteiger partial charge is 0.466 e. The lowest BCUT2D eigenvalue weighted by Gasteiger charge is -1.90. The van der Waals surface area contributed by atoms with Gasteiger partial charge in [0.25, 0.3) is 0 Å². The standard InChI is InChI=1S/C10H14O4/c1-13-9(11)7-5-3-4-6-8-10(12)14-2/h5-8H,3-4H2,1-2H3/b7-5+,8-6+. The van der Waals surface area contributed by atoms with Gasteiger partial charge in [-0.3, -0.25) is 0 Å². The van der Waals surface area contributed by atoms with Crippen LogP contribution in [0, 0.1) is 0 Å². The van der Waals surface area contributed by atoms with E-state index in [-0.39, 0.29) is 11.9 Å². The van der Waals surface area contributed by atoms with Crippen LogP contribution in [0.15, 0.2) is 24.3 Å². The van der Waals surface area contributed by atoms with Crippen LogP contribution in [0.1, 0.15) is 12.8 Å². The van der Waals surface area contributed by atoms with E-state index in [0.29, 0.717) is 12.8 Å². The molecule has 0 heterocycles. The van der Waals surface area contributed by atoms with Crippen LogP contribution in [0.5, 0.6) is 0 Å². The van der Waals surface area contributed by atoms with Gasteiger partial charge in [-0.05, 0) is 12.8 Å². The van der Waals surface area contributed by atoms with Gasteiger partial charge in [0.1, 0.15) is 0 Å². The first kappa shape index (κ1) is 12.4. The fourth-order valence-electron chi connectivity index (χ4n) is 0.688. The summed E-state index contributed by atoms with van der Waals surface area (Å²) < 4.78 is 8.79. The van der Waals surface area contributed by atoms with Crippen molar-refractivity contribution >= 4 is 11.9 Å². The Balaban J connectivity index is 3.56. The van der Waals surface area contributed by atoms with E-state index in [1.54, 1.807) is 12.2 Å². The molecule has 0 atom stereocenters. The van der Waals surface area contributed by atoms with Gasteiger partial charge in [0, 0.05) is 12.2 Å². The molecule has 14 heavy (non-hydrogen) atoms. The van der Waals surface area contributed by atoms with Crippen molar-refractivity contribution in [3.63, 3.8) is 0 Å². The summed E-state index contributed by atoms with van der Waals surface area (Å²) in [5.41, 5.74) is 0. The van der Waals surface area contributed by atoms with E-state index in [9.17, 15) is 9.59 Å². The first-order chi connectivity index (χ1) is 6.70. The number of methoxy groups -OCH3 is 2. The Bertz CT molecular complexity index is 215. The zero-order valence-electron chi connectivity index (χ0n) is 8.36. The van der Waals surface area contributed by atoms with E-state index in [2.05, 4.69) is 9.47 Å². The number of carbonyl (C=O) groups is 2. The van der Waals surface area contributed by atoms with Crippen molar-refractivity contribution in [3.05, 3.63) is 24.3 Å². The molecule has 4 nitrogen and oxygen atoms in total. The molecule has 0 saturated heterocycles. The Kier molecular flexibility index (Phi) is 7.13. The predicted molar refractivity (Wildman–Crippen MR) is 51.5 cm³/mol. The van der Waals surface area contributed by atoms with Crippen LogP contribution in [0.25, 0.3) is 0 Å². The summed E-state index contributed by atoms with van der Waals surface area (Å²) in [5, 5.41) is 0. The molecule has 0 saturated carbocycles. The van der Waals surface area contributed by atoms with Gasteiger partial charge >= 0.3 is 11.9 Å². The van der Waals surface area contributed by atoms with Gasteiger partial charge in [-0.2, -0.15) is 0 Å². The summed E-state index contributed by atoms with van der Waals surface area (Å²) in [7, 11) is 2.65. The SMILES string of the molecule is COC(=O)/C=C/CC/C=C/C(=O)OC. The Morgan fingerprint density at radius 1 is 0.929 bits per heavy atom. The van der Waals surface area contributed by atoms with Crippen LogP contribution in [0.4, 0.5) is 0 Å². The number of hydrogen-bond acceptors (Lipinski definition) is 4. The van der Waals surface area contributed by atoms with Crippen molar-refractivity contribution in [3.8, 4) is 0 Å². The average Bonchev–Trinajstić information content (AvgIpc) is 2.22.